The standard InChI is InChI=1S/C36H52N6O5.C2HF3O2/c1-25(2)20-31(34(44)40-30(14-8-9-15-37)36(46)42-16-18-47-19-17-42)41-35(45)32(21-26-10-4-3-5-11-26)39-33(43)24-38-29-22-27-12-6-7-13-28(27)23-29;3-2(4,5)1(6)7/h3-7,10-13,25,29-32,38H,8-9,14-24,37H2,1-2H3,(H,39,43)(H,40,44)(H,41,45);(H,6,7)/t30-,31-,32-;/m1./s1. The molecule has 16 heteroatoms. The number of halogens is 3. The number of alkyl halides is 3. The fourth-order valence-electron chi connectivity index (χ4n) is 6.25. The first-order chi connectivity index (χ1) is 25.7. The van der Waals surface area contributed by atoms with Gasteiger partial charge in [-0.1, -0.05) is 68.4 Å². The molecule has 0 bridgehead atoms. The maximum atomic E-state index is 13.8. The number of hydrogen-bond donors (Lipinski definition) is 6. The van der Waals surface area contributed by atoms with Crippen LogP contribution in [0, 0.1) is 5.92 Å². The van der Waals surface area contributed by atoms with E-state index in [0.717, 1.165) is 24.8 Å². The highest BCUT2D eigenvalue weighted by molar-refractivity contribution is 5.94. The molecule has 2 aromatic carbocycles. The number of fused-ring (bicyclic) bond motifs is 1. The molecule has 0 saturated carbocycles. The third kappa shape index (κ3) is 15.1. The number of carboxylic acids is 1. The van der Waals surface area contributed by atoms with Gasteiger partial charge in [0.2, 0.25) is 23.6 Å². The summed E-state index contributed by atoms with van der Waals surface area (Å²) in [6.07, 6.45) is -0.874. The lowest BCUT2D eigenvalue weighted by atomic mass is 10.00. The van der Waals surface area contributed by atoms with Crippen LogP contribution in [-0.2, 0) is 48.0 Å². The first-order valence-electron chi connectivity index (χ1n) is 18.3. The minimum atomic E-state index is -5.08. The average Bonchev–Trinajstić information content (AvgIpc) is 3.56. The highest BCUT2D eigenvalue weighted by Crippen LogP contribution is 2.21. The predicted octanol–water partition coefficient (Wildman–Crippen LogP) is 2.11. The summed E-state index contributed by atoms with van der Waals surface area (Å²) in [5.41, 5.74) is 9.15. The van der Waals surface area contributed by atoms with Crippen molar-refractivity contribution >= 4 is 29.6 Å². The zero-order valence-electron chi connectivity index (χ0n) is 30.8. The second-order valence-electron chi connectivity index (χ2n) is 13.8. The van der Waals surface area contributed by atoms with Gasteiger partial charge in [-0.15, -0.1) is 0 Å². The Morgan fingerprint density at radius 1 is 0.852 bits per heavy atom. The van der Waals surface area contributed by atoms with Crippen LogP contribution >= 0.6 is 0 Å². The van der Waals surface area contributed by atoms with Crippen LogP contribution in [0.5, 0.6) is 0 Å². The average molecular weight is 763 g/mol. The molecule has 13 nitrogen and oxygen atoms in total. The van der Waals surface area contributed by atoms with Crippen molar-refractivity contribution < 1.29 is 47.0 Å². The number of ether oxygens (including phenoxy) is 1. The van der Waals surface area contributed by atoms with E-state index in [9.17, 15) is 32.3 Å². The van der Waals surface area contributed by atoms with Gasteiger partial charge in [0.15, 0.2) is 0 Å². The molecule has 1 aliphatic carbocycles. The van der Waals surface area contributed by atoms with E-state index >= 15 is 0 Å². The normalized spacial score (nSPS) is 15.9. The lowest BCUT2D eigenvalue weighted by molar-refractivity contribution is -0.192. The van der Waals surface area contributed by atoms with E-state index in [1.807, 2.05) is 56.3 Å². The summed E-state index contributed by atoms with van der Waals surface area (Å²) < 4.78 is 37.1. The number of unbranched alkanes of at least 4 members (excludes halogenated alkanes) is 1. The number of morpholine rings is 1. The molecule has 7 N–H and O–H groups in total. The number of benzene rings is 2. The van der Waals surface area contributed by atoms with Crippen LogP contribution in [0.4, 0.5) is 13.2 Å². The number of carbonyl (C=O) groups is 5. The summed E-state index contributed by atoms with van der Waals surface area (Å²) >= 11 is 0. The van der Waals surface area contributed by atoms with E-state index < -0.39 is 42.1 Å². The van der Waals surface area contributed by atoms with Crippen molar-refractivity contribution in [3.63, 3.8) is 0 Å². The van der Waals surface area contributed by atoms with Crippen molar-refractivity contribution in [1.82, 2.24) is 26.2 Å². The first kappa shape index (κ1) is 43.9. The van der Waals surface area contributed by atoms with Crippen LogP contribution < -0.4 is 27.0 Å². The van der Waals surface area contributed by atoms with E-state index in [2.05, 4.69) is 33.4 Å². The summed E-state index contributed by atoms with van der Waals surface area (Å²) in [5, 5.41) is 19.3. The zero-order valence-corrected chi connectivity index (χ0v) is 30.8. The van der Waals surface area contributed by atoms with E-state index in [-0.39, 0.29) is 36.7 Å². The number of hydrogen-bond acceptors (Lipinski definition) is 8. The fraction of sp³-hybridized carbons (Fsp3) is 0.553. The van der Waals surface area contributed by atoms with Gasteiger partial charge < -0.3 is 41.7 Å². The Morgan fingerprint density at radius 2 is 1.41 bits per heavy atom. The molecule has 3 atom stereocenters. The number of aliphatic carboxylic acids is 1. The van der Waals surface area contributed by atoms with Gasteiger partial charge in [-0.05, 0) is 67.7 Å². The van der Waals surface area contributed by atoms with Gasteiger partial charge in [-0.25, -0.2) is 4.79 Å². The molecule has 298 valence electrons. The fourth-order valence-corrected chi connectivity index (χ4v) is 6.25. The molecule has 4 rings (SSSR count). The van der Waals surface area contributed by atoms with Gasteiger partial charge in [0.25, 0.3) is 0 Å². The lowest BCUT2D eigenvalue weighted by Gasteiger charge is -2.32. The van der Waals surface area contributed by atoms with Crippen molar-refractivity contribution in [2.24, 2.45) is 11.7 Å². The molecular formula is C38H53F3N6O7. The second kappa shape index (κ2) is 22.0. The number of rotatable bonds is 17. The van der Waals surface area contributed by atoms with Crippen LogP contribution in [-0.4, -0.2) is 109 Å². The van der Waals surface area contributed by atoms with Crippen molar-refractivity contribution in [2.75, 3.05) is 39.4 Å². The minimum absolute atomic E-state index is 0.0707. The number of carbonyl (C=O) groups excluding carboxylic acids is 4. The molecular weight excluding hydrogens is 709 g/mol. The SMILES string of the molecule is CC(C)C[C@@H](NC(=O)[C@@H](Cc1ccccc1)NC(=O)CNC1Cc2ccccc2C1)C(=O)N[C@H](CCCCN)C(=O)N1CCOCC1.O=C(O)C(F)(F)F. The second-order valence-corrected chi connectivity index (χ2v) is 13.8. The Bertz CT molecular complexity index is 1500. The van der Waals surface area contributed by atoms with Crippen LogP contribution in [0.3, 0.4) is 0 Å². The molecule has 0 spiro atoms. The molecule has 1 heterocycles. The van der Waals surface area contributed by atoms with E-state index in [4.69, 9.17) is 20.4 Å². The summed E-state index contributed by atoms with van der Waals surface area (Å²) in [4.78, 5) is 64.8. The molecule has 1 aliphatic heterocycles. The predicted molar refractivity (Wildman–Crippen MR) is 195 cm³/mol. The highest BCUT2D eigenvalue weighted by atomic mass is 19.4. The Balaban J connectivity index is 0.00000102. The van der Waals surface area contributed by atoms with Crippen LogP contribution in [0.2, 0.25) is 0 Å². The molecule has 2 aliphatic rings. The molecule has 0 radical (unpaired) electrons. The third-order valence-corrected chi connectivity index (χ3v) is 9.00. The third-order valence-electron chi connectivity index (χ3n) is 9.00. The molecule has 4 amide bonds. The summed E-state index contributed by atoms with van der Waals surface area (Å²) in [5.74, 6) is -3.99. The Hall–Kier alpha value is -4.54. The molecule has 1 fully saturated rings. The summed E-state index contributed by atoms with van der Waals surface area (Å²) in [6, 6.07) is 15.4. The Morgan fingerprint density at radius 3 is 1.96 bits per heavy atom. The van der Waals surface area contributed by atoms with E-state index in [1.165, 1.54) is 11.1 Å². The minimum Gasteiger partial charge on any atom is -0.475 e. The highest BCUT2D eigenvalue weighted by Gasteiger charge is 2.38. The van der Waals surface area contributed by atoms with Gasteiger partial charge in [0.1, 0.15) is 18.1 Å². The Kier molecular flexibility index (Phi) is 17.9. The first-order valence-corrected chi connectivity index (χ1v) is 18.3. The van der Waals surface area contributed by atoms with Crippen molar-refractivity contribution in [3.05, 3.63) is 71.3 Å². The number of nitrogens with zero attached hydrogens (tertiary/aromatic N) is 1. The van der Waals surface area contributed by atoms with Gasteiger partial charge in [-0.2, -0.15) is 13.2 Å². The van der Waals surface area contributed by atoms with Crippen molar-refractivity contribution in [2.45, 2.75) is 89.1 Å². The van der Waals surface area contributed by atoms with Crippen LogP contribution in [0.25, 0.3) is 0 Å². The van der Waals surface area contributed by atoms with Gasteiger partial charge >= 0.3 is 12.1 Å². The van der Waals surface area contributed by atoms with Crippen molar-refractivity contribution in [1.29, 1.82) is 0 Å². The lowest BCUT2D eigenvalue weighted by Crippen LogP contribution is -2.58. The quantitative estimate of drug-likeness (QED) is 0.131. The monoisotopic (exact) mass is 762 g/mol. The number of nitrogens with one attached hydrogen (secondary N) is 4. The van der Waals surface area contributed by atoms with Gasteiger partial charge in [0, 0.05) is 25.6 Å². The summed E-state index contributed by atoms with van der Waals surface area (Å²) in [7, 11) is 0. The van der Waals surface area contributed by atoms with E-state index in [1.54, 1.807) is 4.90 Å². The molecule has 54 heavy (non-hydrogen) atoms. The molecule has 0 unspecified atom stereocenters. The van der Waals surface area contributed by atoms with Crippen molar-refractivity contribution in [3.8, 4) is 0 Å². The van der Waals surface area contributed by atoms with Crippen LogP contribution in [0.15, 0.2) is 54.6 Å². The zero-order chi connectivity index (χ0) is 39.7. The van der Waals surface area contributed by atoms with Gasteiger partial charge in [-0.3, -0.25) is 19.2 Å². The molecule has 1 saturated heterocycles. The smallest absolute Gasteiger partial charge is 0.475 e. The molecule has 2 aromatic rings. The largest absolute Gasteiger partial charge is 0.490 e. The van der Waals surface area contributed by atoms with E-state index in [0.29, 0.717) is 52.1 Å². The Labute approximate surface area is 313 Å². The number of carboxylic acid groups (broad SMARTS) is 1. The maximum Gasteiger partial charge on any atom is 0.490 e. The molecule has 0 aromatic heterocycles. The summed E-state index contributed by atoms with van der Waals surface area (Å²) in [6.45, 7) is 6.37. The maximum absolute atomic E-state index is 13.8. The number of nitrogens with two attached hydrogens (primary N) is 1. The van der Waals surface area contributed by atoms with Gasteiger partial charge in [0.05, 0.1) is 19.8 Å². The van der Waals surface area contributed by atoms with Crippen LogP contribution in [0.1, 0.15) is 56.2 Å². The topological polar surface area (TPSA) is 192 Å². The number of amides is 4.